The van der Waals surface area contributed by atoms with E-state index in [2.05, 4.69) is 15.9 Å². The maximum absolute atomic E-state index is 13.7. The Morgan fingerprint density at radius 1 is 1.26 bits per heavy atom. The maximum Gasteiger partial charge on any atom is 0.159 e. The van der Waals surface area contributed by atoms with Crippen LogP contribution in [0.5, 0.6) is 0 Å². The van der Waals surface area contributed by atoms with Crippen molar-refractivity contribution in [3.05, 3.63) is 63.9 Å². The molecular weight excluding hydrogens is 327 g/mol. The molecule has 19 heavy (non-hydrogen) atoms. The highest BCUT2D eigenvalue weighted by Crippen LogP contribution is 2.26. The van der Waals surface area contributed by atoms with Gasteiger partial charge in [0.15, 0.2) is 5.78 Å². The zero-order valence-corrected chi connectivity index (χ0v) is 12.7. The molecule has 0 spiro atoms. The van der Waals surface area contributed by atoms with Gasteiger partial charge < -0.3 is 0 Å². The van der Waals surface area contributed by atoms with Gasteiger partial charge in [0.05, 0.1) is 0 Å². The first-order valence-corrected chi connectivity index (χ1v) is 7.52. The Kier molecular flexibility index (Phi) is 4.77. The molecule has 0 aromatic heterocycles. The van der Waals surface area contributed by atoms with Gasteiger partial charge >= 0.3 is 0 Å². The van der Waals surface area contributed by atoms with E-state index in [0.29, 0.717) is 16.9 Å². The third kappa shape index (κ3) is 3.91. The molecule has 0 aliphatic carbocycles. The summed E-state index contributed by atoms with van der Waals surface area (Å²) in [5, 5.41) is 0. The van der Waals surface area contributed by atoms with Gasteiger partial charge in [-0.25, -0.2) is 4.39 Å². The third-order valence-corrected chi connectivity index (χ3v) is 4.19. The number of halogens is 2. The monoisotopic (exact) mass is 338 g/mol. The summed E-state index contributed by atoms with van der Waals surface area (Å²) in [4.78, 5) is 12.3. The summed E-state index contributed by atoms with van der Waals surface area (Å²) in [5.41, 5.74) is 1.34. The van der Waals surface area contributed by atoms with E-state index in [1.54, 1.807) is 12.1 Å². The van der Waals surface area contributed by atoms with Crippen molar-refractivity contribution < 1.29 is 9.18 Å². The van der Waals surface area contributed by atoms with Gasteiger partial charge in [-0.1, -0.05) is 34.1 Å². The smallest absolute Gasteiger partial charge is 0.159 e. The van der Waals surface area contributed by atoms with Gasteiger partial charge in [-0.2, -0.15) is 0 Å². The summed E-state index contributed by atoms with van der Waals surface area (Å²) < 4.78 is 14.4. The van der Waals surface area contributed by atoms with E-state index in [4.69, 9.17) is 0 Å². The molecule has 0 bridgehead atoms. The van der Waals surface area contributed by atoms with Crippen molar-refractivity contribution in [1.82, 2.24) is 0 Å². The van der Waals surface area contributed by atoms with Crippen molar-refractivity contribution in [2.24, 2.45) is 0 Å². The minimum Gasteiger partial charge on any atom is -0.295 e. The molecule has 98 valence electrons. The number of carbonyl (C=O) groups is 1. The Labute approximate surface area is 124 Å². The SMILES string of the molecule is CC(=O)c1cccc(SCc2ccc(Br)cc2F)c1. The van der Waals surface area contributed by atoms with E-state index in [1.807, 2.05) is 24.3 Å². The number of benzene rings is 2. The first-order chi connectivity index (χ1) is 9.06. The lowest BCUT2D eigenvalue weighted by atomic mass is 10.2. The average molecular weight is 339 g/mol. The molecule has 0 amide bonds. The summed E-state index contributed by atoms with van der Waals surface area (Å²) in [6, 6.07) is 12.4. The van der Waals surface area contributed by atoms with Crippen LogP contribution in [0.2, 0.25) is 0 Å². The summed E-state index contributed by atoms with van der Waals surface area (Å²) in [5.74, 6) is 0.363. The number of carbonyl (C=O) groups excluding carboxylic acids is 1. The molecule has 0 heterocycles. The number of thioether (sulfide) groups is 1. The molecule has 2 aromatic rings. The van der Waals surface area contributed by atoms with Crippen LogP contribution in [-0.4, -0.2) is 5.78 Å². The molecule has 1 nitrogen and oxygen atoms in total. The Hall–Kier alpha value is -1.13. The van der Waals surface area contributed by atoms with Crippen molar-refractivity contribution in [2.45, 2.75) is 17.6 Å². The topological polar surface area (TPSA) is 17.1 Å². The Balaban J connectivity index is 2.10. The second-order valence-electron chi connectivity index (χ2n) is 4.11. The van der Waals surface area contributed by atoms with E-state index in [9.17, 15) is 9.18 Å². The van der Waals surface area contributed by atoms with Crippen molar-refractivity contribution in [3.63, 3.8) is 0 Å². The van der Waals surface area contributed by atoms with Crippen molar-refractivity contribution >= 4 is 33.5 Å². The first kappa shape index (κ1) is 14.3. The van der Waals surface area contributed by atoms with Crippen molar-refractivity contribution in [2.75, 3.05) is 0 Å². The van der Waals surface area contributed by atoms with Crippen molar-refractivity contribution in [3.8, 4) is 0 Å². The zero-order valence-electron chi connectivity index (χ0n) is 10.3. The normalized spacial score (nSPS) is 10.5. The van der Waals surface area contributed by atoms with Crippen LogP contribution >= 0.6 is 27.7 Å². The van der Waals surface area contributed by atoms with E-state index in [0.717, 1.165) is 9.37 Å². The van der Waals surface area contributed by atoms with Crippen LogP contribution in [0, 0.1) is 5.82 Å². The van der Waals surface area contributed by atoms with Gasteiger partial charge in [0.1, 0.15) is 5.82 Å². The molecule has 0 unspecified atom stereocenters. The summed E-state index contributed by atoms with van der Waals surface area (Å²) in [6.45, 7) is 1.54. The minimum absolute atomic E-state index is 0.0391. The van der Waals surface area contributed by atoms with Gasteiger partial charge in [-0.3, -0.25) is 4.79 Å². The highest BCUT2D eigenvalue weighted by Gasteiger charge is 2.05. The number of Topliss-reactive ketones (excluding diaryl/α,β-unsaturated/α-hetero) is 1. The van der Waals surface area contributed by atoms with Gasteiger partial charge in [0, 0.05) is 20.7 Å². The maximum atomic E-state index is 13.7. The second-order valence-corrected chi connectivity index (χ2v) is 6.07. The molecule has 4 heteroatoms. The molecule has 0 fully saturated rings. The lowest BCUT2D eigenvalue weighted by molar-refractivity contribution is 0.101. The summed E-state index contributed by atoms with van der Waals surface area (Å²) >= 11 is 4.75. The molecule has 0 radical (unpaired) electrons. The summed E-state index contributed by atoms with van der Waals surface area (Å²) in [7, 11) is 0. The predicted octanol–water partition coefficient (Wildman–Crippen LogP) is 5.08. The van der Waals surface area contributed by atoms with Gasteiger partial charge in [-0.05, 0) is 36.8 Å². The number of rotatable bonds is 4. The highest BCUT2D eigenvalue weighted by molar-refractivity contribution is 9.10. The molecule has 0 aliphatic rings. The van der Waals surface area contributed by atoms with Crippen LogP contribution in [0.15, 0.2) is 51.8 Å². The fraction of sp³-hybridized carbons (Fsp3) is 0.133. The number of hydrogen-bond acceptors (Lipinski definition) is 2. The Morgan fingerprint density at radius 2 is 2.05 bits per heavy atom. The molecule has 0 aliphatic heterocycles. The minimum atomic E-state index is -0.218. The fourth-order valence-corrected chi connectivity index (χ4v) is 2.88. The van der Waals surface area contributed by atoms with E-state index in [1.165, 1.54) is 24.8 Å². The molecule has 2 aromatic carbocycles. The van der Waals surface area contributed by atoms with E-state index >= 15 is 0 Å². The molecule has 0 saturated heterocycles. The number of hydrogen-bond donors (Lipinski definition) is 0. The van der Waals surface area contributed by atoms with E-state index in [-0.39, 0.29) is 11.6 Å². The van der Waals surface area contributed by atoms with Crippen LogP contribution in [-0.2, 0) is 5.75 Å². The standard InChI is InChI=1S/C15H12BrFOS/c1-10(18)11-3-2-4-14(7-11)19-9-12-5-6-13(16)8-15(12)17/h2-8H,9H2,1H3. The van der Waals surface area contributed by atoms with Gasteiger partial charge in [0.2, 0.25) is 0 Å². The zero-order chi connectivity index (χ0) is 13.8. The van der Waals surface area contributed by atoms with Crippen LogP contribution < -0.4 is 0 Å². The predicted molar refractivity (Wildman–Crippen MR) is 80.1 cm³/mol. The Morgan fingerprint density at radius 3 is 2.74 bits per heavy atom. The van der Waals surface area contributed by atoms with Crippen LogP contribution in [0.4, 0.5) is 4.39 Å². The molecule has 2 rings (SSSR count). The lowest BCUT2D eigenvalue weighted by Gasteiger charge is -2.05. The molecular formula is C15H12BrFOS. The Bertz CT molecular complexity index is 613. The summed E-state index contributed by atoms with van der Waals surface area (Å²) in [6.07, 6.45) is 0. The van der Waals surface area contributed by atoms with E-state index < -0.39 is 0 Å². The van der Waals surface area contributed by atoms with Gasteiger partial charge in [-0.15, -0.1) is 11.8 Å². The third-order valence-electron chi connectivity index (χ3n) is 2.65. The highest BCUT2D eigenvalue weighted by atomic mass is 79.9. The second kappa shape index (κ2) is 6.35. The van der Waals surface area contributed by atoms with Gasteiger partial charge in [0.25, 0.3) is 0 Å². The van der Waals surface area contributed by atoms with Crippen LogP contribution in [0.3, 0.4) is 0 Å². The van der Waals surface area contributed by atoms with Crippen molar-refractivity contribution in [1.29, 1.82) is 0 Å². The largest absolute Gasteiger partial charge is 0.295 e. The number of ketones is 1. The van der Waals surface area contributed by atoms with Crippen LogP contribution in [0.1, 0.15) is 22.8 Å². The molecule has 0 N–H and O–H groups in total. The molecule has 0 atom stereocenters. The fourth-order valence-electron chi connectivity index (χ4n) is 1.60. The van der Waals surface area contributed by atoms with Crippen LogP contribution in [0.25, 0.3) is 0 Å². The average Bonchev–Trinajstić information content (AvgIpc) is 2.38. The first-order valence-electron chi connectivity index (χ1n) is 5.74. The lowest BCUT2D eigenvalue weighted by Crippen LogP contribution is -1.92. The molecule has 0 saturated carbocycles. The quantitative estimate of drug-likeness (QED) is 0.571.